The van der Waals surface area contributed by atoms with Crippen LogP contribution in [0.5, 0.6) is 0 Å². The maximum absolute atomic E-state index is 4.64. The molecule has 0 aliphatic heterocycles. The molecule has 0 bridgehead atoms. The van der Waals surface area contributed by atoms with Gasteiger partial charge in [-0.2, -0.15) is 0 Å². The third kappa shape index (κ3) is 4.33. The number of hydrogen-bond donors (Lipinski definition) is 0. The zero-order valence-electron chi connectivity index (χ0n) is 16.6. The van der Waals surface area contributed by atoms with Crippen molar-refractivity contribution in [2.45, 2.75) is 19.3 Å². The molecule has 0 unspecified atom stereocenters. The molecule has 2 heteroatoms. The van der Waals surface area contributed by atoms with Gasteiger partial charge in [0, 0.05) is 29.4 Å². The molecule has 2 aromatic heterocycles. The van der Waals surface area contributed by atoms with E-state index < -0.39 is 0 Å². The van der Waals surface area contributed by atoms with Gasteiger partial charge in [-0.05, 0) is 60.9 Å². The summed E-state index contributed by atoms with van der Waals surface area (Å²) in [6, 6.07) is 16.8. The van der Waals surface area contributed by atoms with Gasteiger partial charge in [-0.25, -0.2) is 0 Å². The number of benzene rings is 1. The average Bonchev–Trinajstić information content (AvgIpc) is 3.32. The van der Waals surface area contributed by atoms with Crippen LogP contribution in [0.3, 0.4) is 0 Å². The van der Waals surface area contributed by atoms with Crippen molar-refractivity contribution in [2.75, 3.05) is 0 Å². The van der Waals surface area contributed by atoms with Crippen molar-refractivity contribution in [3.63, 3.8) is 0 Å². The van der Waals surface area contributed by atoms with Crippen molar-refractivity contribution in [1.29, 1.82) is 0 Å². The molecule has 29 heavy (non-hydrogen) atoms. The van der Waals surface area contributed by atoms with E-state index in [4.69, 9.17) is 0 Å². The van der Waals surface area contributed by atoms with Crippen LogP contribution in [0.15, 0.2) is 110 Å². The van der Waals surface area contributed by atoms with E-state index in [1.54, 1.807) is 0 Å². The lowest BCUT2D eigenvalue weighted by atomic mass is 9.87. The molecule has 0 atom stereocenters. The highest BCUT2D eigenvalue weighted by molar-refractivity contribution is 5.75. The van der Waals surface area contributed by atoms with Crippen LogP contribution in [0.2, 0.25) is 0 Å². The lowest BCUT2D eigenvalue weighted by molar-refractivity contribution is 1.09. The fraction of sp³-hybridized carbons (Fsp3) is 0.111. The van der Waals surface area contributed by atoms with Crippen LogP contribution >= 0.6 is 0 Å². The van der Waals surface area contributed by atoms with E-state index >= 15 is 0 Å². The van der Waals surface area contributed by atoms with Crippen LogP contribution in [-0.4, -0.2) is 9.97 Å². The summed E-state index contributed by atoms with van der Waals surface area (Å²) in [7, 11) is 0. The third-order valence-electron chi connectivity index (χ3n) is 5.04. The number of pyridine rings is 2. The molecule has 0 saturated carbocycles. The summed E-state index contributed by atoms with van der Waals surface area (Å²) in [5.41, 5.74) is 6.87. The zero-order chi connectivity index (χ0) is 19.9. The van der Waals surface area contributed by atoms with Gasteiger partial charge in [-0.1, -0.05) is 60.7 Å². The van der Waals surface area contributed by atoms with Gasteiger partial charge in [0.25, 0.3) is 0 Å². The van der Waals surface area contributed by atoms with Crippen LogP contribution in [-0.2, 0) is 6.42 Å². The molecule has 0 N–H and O–H groups in total. The molecular formula is C27H24N2. The zero-order valence-corrected chi connectivity index (χ0v) is 16.6. The Bertz CT molecular complexity index is 1060. The van der Waals surface area contributed by atoms with Crippen LogP contribution < -0.4 is 0 Å². The first-order chi connectivity index (χ1) is 14.4. The Balaban J connectivity index is 1.90. The van der Waals surface area contributed by atoms with Gasteiger partial charge in [-0.3, -0.25) is 9.97 Å². The maximum Gasteiger partial charge on any atom is 0.0705 e. The topological polar surface area (TPSA) is 25.8 Å². The van der Waals surface area contributed by atoms with Crippen LogP contribution in [0.4, 0.5) is 0 Å². The number of hydrogen-bond acceptors (Lipinski definition) is 2. The monoisotopic (exact) mass is 376 g/mol. The lowest BCUT2D eigenvalue weighted by Gasteiger charge is -2.18. The number of allylic oxidation sites excluding steroid dienone is 8. The van der Waals surface area contributed by atoms with Crippen molar-refractivity contribution in [2.24, 2.45) is 0 Å². The molecule has 4 rings (SSSR count). The standard InChI is InChI=1S/C27H24N2/c1-2-3-4-5-14-22-19-25(27-16-9-11-18-29-27)23(21-12-6-7-13-21)20-24(22)26-15-8-10-17-28-26/h2-13,15-21H,14H2,1H3/b3-2-,5-4-. The summed E-state index contributed by atoms with van der Waals surface area (Å²) in [5, 5.41) is 0. The molecular weight excluding hydrogens is 352 g/mol. The molecule has 2 nitrogen and oxygen atoms in total. The third-order valence-corrected chi connectivity index (χ3v) is 5.04. The Hall–Kier alpha value is -3.52. The number of rotatable bonds is 6. The van der Waals surface area contributed by atoms with Crippen LogP contribution in [0, 0.1) is 0 Å². The summed E-state index contributed by atoms with van der Waals surface area (Å²) in [6.45, 7) is 2.03. The van der Waals surface area contributed by atoms with E-state index in [0.29, 0.717) is 0 Å². The van der Waals surface area contributed by atoms with Gasteiger partial charge < -0.3 is 0 Å². The Labute approximate surface area is 172 Å². The summed E-state index contributed by atoms with van der Waals surface area (Å²) in [6.07, 6.45) is 21.6. The second kappa shape index (κ2) is 9.11. The van der Waals surface area contributed by atoms with E-state index in [1.807, 2.05) is 49.7 Å². The first-order valence-corrected chi connectivity index (χ1v) is 9.99. The minimum absolute atomic E-state index is 0.252. The number of nitrogens with zero attached hydrogens (tertiary/aromatic N) is 2. The van der Waals surface area contributed by atoms with E-state index in [9.17, 15) is 0 Å². The van der Waals surface area contributed by atoms with E-state index in [2.05, 4.69) is 76.8 Å². The highest BCUT2D eigenvalue weighted by Gasteiger charge is 2.18. The summed E-state index contributed by atoms with van der Waals surface area (Å²) in [4.78, 5) is 9.28. The Kier molecular flexibility index (Phi) is 5.92. The van der Waals surface area contributed by atoms with Crippen molar-refractivity contribution in [1.82, 2.24) is 9.97 Å². The highest BCUT2D eigenvalue weighted by Crippen LogP contribution is 2.37. The van der Waals surface area contributed by atoms with Crippen molar-refractivity contribution in [3.05, 3.63) is 121 Å². The van der Waals surface area contributed by atoms with Crippen LogP contribution in [0.25, 0.3) is 22.5 Å². The normalized spacial score (nSPS) is 13.8. The molecule has 3 aromatic rings. The van der Waals surface area contributed by atoms with E-state index in [0.717, 1.165) is 17.8 Å². The first kappa shape index (κ1) is 18.8. The van der Waals surface area contributed by atoms with Crippen LogP contribution in [0.1, 0.15) is 24.0 Å². The fourth-order valence-electron chi connectivity index (χ4n) is 3.63. The molecule has 0 spiro atoms. The van der Waals surface area contributed by atoms with Crippen molar-refractivity contribution < 1.29 is 0 Å². The minimum Gasteiger partial charge on any atom is -0.256 e. The second-order valence-electron chi connectivity index (χ2n) is 6.98. The van der Waals surface area contributed by atoms with E-state index in [-0.39, 0.29) is 5.92 Å². The maximum atomic E-state index is 4.64. The van der Waals surface area contributed by atoms with Gasteiger partial charge in [0.1, 0.15) is 0 Å². The summed E-state index contributed by atoms with van der Waals surface area (Å²) < 4.78 is 0. The Morgan fingerprint density at radius 2 is 1.52 bits per heavy atom. The highest BCUT2D eigenvalue weighted by atomic mass is 14.7. The van der Waals surface area contributed by atoms with Crippen molar-refractivity contribution in [3.8, 4) is 22.5 Å². The quantitative estimate of drug-likeness (QED) is 0.448. The van der Waals surface area contributed by atoms with Gasteiger partial charge in [0.2, 0.25) is 0 Å². The Morgan fingerprint density at radius 3 is 2.14 bits per heavy atom. The summed E-state index contributed by atoms with van der Waals surface area (Å²) >= 11 is 0. The first-order valence-electron chi connectivity index (χ1n) is 9.99. The SMILES string of the molecule is C/C=C\C=C/Cc1cc(-c2ccccn2)c(C2C=CC=C2)cc1-c1ccccn1. The van der Waals surface area contributed by atoms with Gasteiger partial charge in [-0.15, -0.1) is 0 Å². The molecule has 0 fully saturated rings. The Morgan fingerprint density at radius 1 is 0.828 bits per heavy atom. The molecule has 0 radical (unpaired) electrons. The molecule has 2 heterocycles. The molecule has 1 aliphatic carbocycles. The smallest absolute Gasteiger partial charge is 0.0705 e. The predicted molar refractivity (Wildman–Crippen MR) is 122 cm³/mol. The van der Waals surface area contributed by atoms with E-state index in [1.165, 1.54) is 22.3 Å². The largest absolute Gasteiger partial charge is 0.256 e. The molecule has 0 amide bonds. The average molecular weight is 377 g/mol. The minimum atomic E-state index is 0.252. The second-order valence-corrected chi connectivity index (χ2v) is 6.98. The molecule has 142 valence electrons. The van der Waals surface area contributed by atoms with Crippen molar-refractivity contribution >= 4 is 0 Å². The molecule has 1 aliphatic rings. The lowest BCUT2D eigenvalue weighted by Crippen LogP contribution is -2.00. The summed E-state index contributed by atoms with van der Waals surface area (Å²) in [5.74, 6) is 0.252. The van der Waals surface area contributed by atoms with Gasteiger partial charge >= 0.3 is 0 Å². The number of aromatic nitrogens is 2. The van der Waals surface area contributed by atoms with Gasteiger partial charge in [0.05, 0.1) is 11.4 Å². The molecule has 0 saturated heterocycles. The van der Waals surface area contributed by atoms with Gasteiger partial charge in [0.15, 0.2) is 0 Å². The predicted octanol–water partition coefficient (Wildman–Crippen LogP) is 6.70. The fourth-order valence-corrected chi connectivity index (χ4v) is 3.63. The molecule has 1 aromatic carbocycles.